The average Bonchev–Trinajstić information content (AvgIpc) is 2.56. The standard InChI is InChI=1S/C15H21ClN2O4S/c1-3-11(2)15(19)17-12-4-5-13(16)14(10-12)23(20,21)18-6-8-22-9-7-18/h4-5,10-11H,3,6-9H2,1-2H3,(H,17,19)/t11-/m0/s1. The average molecular weight is 361 g/mol. The number of hydrogen-bond acceptors (Lipinski definition) is 4. The summed E-state index contributed by atoms with van der Waals surface area (Å²) in [7, 11) is -3.71. The van der Waals surface area contributed by atoms with Crippen LogP contribution in [0, 0.1) is 5.92 Å². The molecule has 2 rings (SSSR count). The van der Waals surface area contributed by atoms with E-state index in [1.165, 1.54) is 16.4 Å². The number of amides is 1. The quantitative estimate of drug-likeness (QED) is 0.874. The van der Waals surface area contributed by atoms with E-state index < -0.39 is 10.0 Å². The molecule has 8 heteroatoms. The van der Waals surface area contributed by atoms with Crippen LogP contribution < -0.4 is 5.32 Å². The summed E-state index contributed by atoms with van der Waals surface area (Å²) in [6, 6.07) is 4.50. The molecule has 1 heterocycles. The molecule has 0 aromatic heterocycles. The number of carbonyl (C=O) groups excluding carboxylic acids is 1. The molecule has 0 spiro atoms. The van der Waals surface area contributed by atoms with Crippen molar-refractivity contribution in [2.24, 2.45) is 5.92 Å². The number of nitrogens with one attached hydrogen (secondary N) is 1. The van der Waals surface area contributed by atoms with Gasteiger partial charge in [0.05, 0.1) is 18.2 Å². The Morgan fingerprint density at radius 3 is 2.65 bits per heavy atom. The number of morpholine rings is 1. The molecule has 1 aliphatic rings. The van der Waals surface area contributed by atoms with Crippen molar-refractivity contribution in [3.63, 3.8) is 0 Å². The molecule has 0 aliphatic carbocycles. The van der Waals surface area contributed by atoms with Gasteiger partial charge >= 0.3 is 0 Å². The summed E-state index contributed by atoms with van der Waals surface area (Å²) in [5.41, 5.74) is 0.423. The number of halogens is 1. The summed E-state index contributed by atoms with van der Waals surface area (Å²) in [4.78, 5) is 12.0. The van der Waals surface area contributed by atoms with Crippen LogP contribution in [0.5, 0.6) is 0 Å². The van der Waals surface area contributed by atoms with Crippen LogP contribution in [0.1, 0.15) is 20.3 Å². The first-order valence-electron chi connectivity index (χ1n) is 7.54. The number of sulfonamides is 1. The summed E-state index contributed by atoms with van der Waals surface area (Å²) in [6.07, 6.45) is 0.707. The maximum absolute atomic E-state index is 12.7. The van der Waals surface area contributed by atoms with Gasteiger partial charge in [-0.05, 0) is 24.6 Å². The van der Waals surface area contributed by atoms with Crippen LogP contribution in [0.3, 0.4) is 0 Å². The van der Waals surface area contributed by atoms with Crippen molar-refractivity contribution in [2.45, 2.75) is 25.2 Å². The van der Waals surface area contributed by atoms with Crippen molar-refractivity contribution in [3.8, 4) is 0 Å². The Labute approximate surface area is 141 Å². The van der Waals surface area contributed by atoms with E-state index in [0.29, 0.717) is 38.4 Å². The van der Waals surface area contributed by atoms with E-state index in [9.17, 15) is 13.2 Å². The number of benzene rings is 1. The van der Waals surface area contributed by atoms with Gasteiger partial charge in [-0.1, -0.05) is 25.4 Å². The minimum absolute atomic E-state index is 0.00279. The van der Waals surface area contributed by atoms with Gasteiger partial charge < -0.3 is 10.1 Å². The highest BCUT2D eigenvalue weighted by Crippen LogP contribution is 2.28. The fraction of sp³-hybridized carbons (Fsp3) is 0.533. The molecule has 1 amide bonds. The molecule has 1 fully saturated rings. The van der Waals surface area contributed by atoms with Gasteiger partial charge in [0.15, 0.2) is 0 Å². The Morgan fingerprint density at radius 1 is 1.39 bits per heavy atom. The predicted molar refractivity (Wildman–Crippen MR) is 89.1 cm³/mol. The molecule has 1 aromatic rings. The minimum atomic E-state index is -3.71. The van der Waals surface area contributed by atoms with Crippen LogP contribution in [-0.2, 0) is 19.6 Å². The molecule has 6 nitrogen and oxygen atoms in total. The van der Waals surface area contributed by atoms with Gasteiger partial charge in [-0.15, -0.1) is 0 Å². The lowest BCUT2D eigenvalue weighted by Crippen LogP contribution is -2.40. The van der Waals surface area contributed by atoms with Crippen LogP contribution in [0.15, 0.2) is 23.1 Å². The lowest BCUT2D eigenvalue weighted by molar-refractivity contribution is -0.119. The highest BCUT2D eigenvalue weighted by molar-refractivity contribution is 7.89. The van der Waals surface area contributed by atoms with E-state index in [1.54, 1.807) is 6.07 Å². The van der Waals surface area contributed by atoms with E-state index in [-0.39, 0.29) is 21.7 Å². The fourth-order valence-corrected chi connectivity index (χ4v) is 4.06. The molecule has 1 saturated heterocycles. The highest BCUT2D eigenvalue weighted by Gasteiger charge is 2.28. The van der Waals surface area contributed by atoms with Crippen molar-refractivity contribution >= 4 is 33.2 Å². The predicted octanol–water partition coefficient (Wildman–Crippen LogP) is 2.35. The molecule has 1 aromatic carbocycles. The zero-order valence-corrected chi connectivity index (χ0v) is 14.8. The second-order valence-corrected chi connectivity index (χ2v) is 7.77. The van der Waals surface area contributed by atoms with Crippen LogP contribution in [0.4, 0.5) is 5.69 Å². The molecule has 128 valence electrons. The number of ether oxygens (including phenoxy) is 1. The van der Waals surface area contributed by atoms with Gasteiger partial charge in [0.1, 0.15) is 4.90 Å². The smallest absolute Gasteiger partial charge is 0.244 e. The first kappa shape index (κ1) is 18.2. The first-order chi connectivity index (χ1) is 10.9. The summed E-state index contributed by atoms with van der Waals surface area (Å²) in [6.45, 7) is 5.05. The van der Waals surface area contributed by atoms with Gasteiger partial charge in [0, 0.05) is 24.7 Å². The summed E-state index contributed by atoms with van der Waals surface area (Å²) >= 11 is 6.08. The third kappa shape index (κ3) is 4.23. The van der Waals surface area contributed by atoms with Crippen molar-refractivity contribution < 1.29 is 17.9 Å². The van der Waals surface area contributed by atoms with Crippen molar-refractivity contribution in [1.82, 2.24) is 4.31 Å². The molecule has 1 N–H and O–H groups in total. The van der Waals surface area contributed by atoms with Crippen LogP contribution >= 0.6 is 11.6 Å². The zero-order valence-electron chi connectivity index (χ0n) is 13.2. The monoisotopic (exact) mass is 360 g/mol. The first-order valence-corrected chi connectivity index (χ1v) is 9.36. The highest BCUT2D eigenvalue weighted by atomic mass is 35.5. The van der Waals surface area contributed by atoms with Crippen molar-refractivity contribution in [3.05, 3.63) is 23.2 Å². The lowest BCUT2D eigenvalue weighted by atomic mass is 10.1. The number of nitrogens with zero attached hydrogens (tertiary/aromatic N) is 1. The summed E-state index contributed by atoms with van der Waals surface area (Å²) < 4.78 is 31.9. The lowest BCUT2D eigenvalue weighted by Gasteiger charge is -2.26. The van der Waals surface area contributed by atoms with Crippen LogP contribution in [-0.4, -0.2) is 44.9 Å². The number of rotatable bonds is 5. The Morgan fingerprint density at radius 2 is 2.04 bits per heavy atom. The Hall–Kier alpha value is -1.15. The van der Waals surface area contributed by atoms with Gasteiger partial charge in [0.25, 0.3) is 0 Å². The molecular weight excluding hydrogens is 340 g/mol. The van der Waals surface area contributed by atoms with Crippen LogP contribution in [0.25, 0.3) is 0 Å². The topological polar surface area (TPSA) is 75.7 Å². The molecular formula is C15H21ClN2O4S. The Balaban J connectivity index is 2.28. The molecule has 1 aliphatic heterocycles. The molecule has 0 saturated carbocycles. The van der Waals surface area contributed by atoms with E-state index in [0.717, 1.165) is 0 Å². The Kier molecular flexibility index (Phi) is 6.02. The van der Waals surface area contributed by atoms with Crippen molar-refractivity contribution in [2.75, 3.05) is 31.6 Å². The molecule has 23 heavy (non-hydrogen) atoms. The second kappa shape index (κ2) is 7.61. The van der Waals surface area contributed by atoms with Crippen LogP contribution in [0.2, 0.25) is 5.02 Å². The largest absolute Gasteiger partial charge is 0.379 e. The maximum atomic E-state index is 12.7. The van der Waals surface area contributed by atoms with E-state index in [4.69, 9.17) is 16.3 Å². The van der Waals surface area contributed by atoms with E-state index in [2.05, 4.69) is 5.32 Å². The molecule has 0 bridgehead atoms. The Bertz CT molecular complexity index is 672. The van der Waals surface area contributed by atoms with E-state index in [1.807, 2.05) is 13.8 Å². The molecule has 1 atom stereocenters. The molecule has 0 radical (unpaired) electrons. The van der Waals surface area contributed by atoms with Gasteiger partial charge in [-0.25, -0.2) is 8.42 Å². The summed E-state index contributed by atoms with van der Waals surface area (Å²) in [5.74, 6) is -0.297. The maximum Gasteiger partial charge on any atom is 0.244 e. The number of carbonyl (C=O) groups is 1. The number of anilines is 1. The van der Waals surface area contributed by atoms with Gasteiger partial charge in [0.2, 0.25) is 15.9 Å². The SMILES string of the molecule is CC[C@H](C)C(=O)Nc1ccc(Cl)c(S(=O)(=O)N2CCOCC2)c1. The van der Waals surface area contributed by atoms with Gasteiger partial charge in [-0.3, -0.25) is 4.79 Å². The zero-order chi connectivity index (χ0) is 17.0. The van der Waals surface area contributed by atoms with Gasteiger partial charge in [-0.2, -0.15) is 4.31 Å². The third-order valence-corrected chi connectivity index (χ3v) is 6.23. The fourth-order valence-electron chi connectivity index (χ4n) is 2.16. The second-order valence-electron chi connectivity index (χ2n) is 5.46. The van der Waals surface area contributed by atoms with Crippen molar-refractivity contribution in [1.29, 1.82) is 0 Å². The normalized spacial score (nSPS) is 17.7. The third-order valence-electron chi connectivity index (χ3n) is 3.85. The molecule has 0 unspecified atom stereocenters. The number of hydrogen-bond donors (Lipinski definition) is 1. The van der Waals surface area contributed by atoms with E-state index >= 15 is 0 Å². The minimum Gasteiger partial charge on any atom is -0.379 e. The summed E-state index contributed by atoms with van der Waals surface area (Å²) in [5, 5.41) is 2.87.